The first-order valence-electron chi connectivity index (χ1n) is 4.31. The molecule has 0 N–H and O–H groups in total. The lowest BCUT2D eigenvalue weighted by Crippen LogP contribution is -2.29. The van der Waals surface area contributed by atoms with Crippen LogP contribution in [-0.4, -0.2) is 15.6 Å². The Morgan fingerprint density at radius 1 is 1.27 bits per heavy atom. The van der Waals surface area contributed by atoms with Gasteiger partial charge in [0.15, 0.2) is 0 Å². The van der Waals surface area contributed by atoms with Crippen LogP contribution in [0.15, 0.2) is 0 Å². The predicted octanol–water partition coefficient (Wildman–Crippen LogP) is 3.16. The molecule has 0 heterocycles. The fraction of sp³-hybridized carbons (Fsp3) is 1.00. The van der Waals surface area contributed by atoms with Crippen molar-refractivity contribution in [3.8, 4) is 0 Å². The molecule has 0 saturated heterocycles. The summed E-state index contributed by atoms with van der Waals surface area (Å²) in [6, 6.07) is 0. The molecule has 0 amide bonds. The number of ether oxygens (including phenoxy) is 1. The molecule has 0 radical (unpaired) electrons. The van der Waals surface area contributed by atoms with E-state index in [-0.39, 0.29) is 5.60 Å². The first kappa shape index (κ1) is 9.78. The van der Waals surface area contributed by atoms with E-state index in [1.807, 2.05) is 0 Å². The van der Waals surface area contributed by atoms with E-state index in [1.54, 1.807) is 0 Å². The molecule has 1 fully saturated rings. The van der Waals surface area contributed by atoms with Crippen molar-refractivity contribution in [2.24, 2.45) is 0 Å². The number of halogens is 1. The van der Waals surface area contributed by atoms with Gasteiger partial charge in [0, 0.05) is 3.92 Å². The zero-order chi connectivity index (χ0) is 8.48. The molecule has 0 bridgehead atoms. The molecule has 1 nitrogen and oxygen atoms in total. The quantitative estimate of drug-likeness (QED) is 0.524. The minimum absolute atomic E-state index is 0.0401. The maximum absolute atomic E-state index is 5.90. The summed E-state index contributed by atoms with van der Waals surface area (Å²) in [5.41, 5.74) is 0.0401. The molecule has 1 rings (SSSR count). The van der Waals surface area contributed by atoms with Gasteiger partial charge in [-0.2, -0.15) is 0 Å². The van der Waals surface area contributed by atoms with Gasteiger partial charge in [0.2, 0.25) is 0 Å². The van der Waals surface area contributed by atoms with Crippen LogP contribution in [0.25, 0.3) is 0 Å². The van der Waals surface area contributed by atoms with Crippen LogP contribution in [0.1, 0.15) is 40.0 Å². The molecule has 11 heavy (non-hydrogen) atoms. The van der Waals surface area contributed by atoms with Gasteiger partial charge in [-0.15, -0.1) is 0 Å². The highest BCUT2D eigenvalue weighted by Gasteiger charge is 2.29. The Kier molecular flexibility index (Phi) is 3.20. The molecule has 66 valence electrons. The maximum Gasteiger partial charge on any atom is 0.0699 e. The van der Waals surface area contributed by atoms with Gasteiger partial charge in [-0.25, -0.2) is 0 Å². The average Bonchev–Trinajstić information content (AvgIpc) is 2.12. The van der Waals surface area contributed by atoms with Gasteiger partial charge in [0.25, 0.3) is 0 Å². The molecule has 0 aromatic heterocycles. The number of hydrogen-bond donors (Lipinski definition) is 0. The van der Waals surface area contributed by atoms with Crippen molar-refractivity contribution in [3.63, 3.8) is 0 Å². The molecule has 2 unspecified atom stereocenters. The third kappa shape index (κ3) is 3.28. The molecule has 0 aromatic rings. The zero-order valence-electron chi connectivity index (χ0n) is 7.56. The fourth-order valence-electron chi connectivity index (χ4n) is 1.47. The molecule has 1 aliphatic rings. The molecule has 2 heteroatoms. The van der Waals surface area contributed by atoms with E-state index >= 15 is 0 Å². The standard InChI is InChI=1S/C9H17IO/c1-9(2,3)11-8-6-4-5-7(8)10/h7-8H,4-6H2,1-3H3. The second kappa shape index (κ2) is 3.60. The van der Waals surface area contributed by atoms with Crippen molar-refractivity contribution in [1.82, 2.24) is 0 Å². The molecule has 2 atom stereocenters. The first-order valence-corrected chi connectivity index (χ1v) is 5.55. The minimum Gasteiger partial charge on any atom is -0.372 e. The van der Waals surface area contributed by atoms with Crippen LogP contribution >= 0.6 is 22.6 Å². The Labute approximate surface area is 83.0 Å². The molecule has 0 aromatic carbocycles. The molecule has 1 aliphatic carbocycles. The van der Waals surface area contributed by atoms with Crippen LogP contribution in [0.3, 0.4) is 0 Å². The third-order valence-corrected chi connectivity index (χ3v) is 3.30. The maximum atomic E-state index is 5.90. The highest BCUT2D eigenvalue weighted by atomic mass is 127. The van der Waals surface area contributed by atoms with E-state index in [0.29, 0.717) is 6.10 Å². The van der Waals surface area contributed by atoms with Gasteiger partial charge >= 0.3 is 0 Å². The average molecular weight is 268 g/mol. The second-order valence-corrected chi connectivity index (χ2v) is 5.82. The van der Waals surface area contributed by atoms with Crippen molar-refractivity contribution in [2.75, 3.05) is 0 Å². The summed E-state index contributed by atoms with van der Waals surface area (Å²) >= 11 is 2.51. The van der Waals surface area contributed by atoms with Crippen LogP contribution in [0.2, 0.25) is 0 Å². The highest BCUT2D eigenvalue weighted by molar-refractivity contribution is 14.1. The third-order valence-electron chi connectivity index (χ3n) is 1.88. The topological polar surface area (TPSA) is 9.23 Å². The van der Waals surface area contributed by atoms with E-state index in [4.69, 9.17) is 4.74 Å². The zero-order valence-corrected chi connectivity index (χ0v) is 9.72. The largest absolute Gasteiger partial charge is 0.372 e. The number of alkyl halides is 1. The molecule has 0 aliphatic heterocycles. The normalized spacial score (nSPS) is 32.7. The van der Waals surface area contributed by atoms with E-state index < -0.39 is 0 Å². The fourth-order valence-corrected chi connectivity index (χ4v) is 2.41. The smallest absolute Gasteiger partial charge is 0.0699 e. The second-order valence-electron chi connectivity index (χ2n) is 4.22. The van der Waals surface area contributed by atoms with E-state index in [2.05, 4.69) is 43.4 Å². The molecular formula is C9H17IO. The van der Waals surface area contributed by atoms with Crippen LogP contribution in [-0.2, 0) is 4.74 Å². The summed E-state index contributed by atoms with van der Waals surface area (Å²) in [5.74, 6) is 0. The summed E-state index contributed by atoms with van der Waals surface area (Å²) in [6.45, 7) is 6.40. The lowest BCUT2D eigenvalue weighted by atomic mass is 10.2. The van der Waals surface area contributed by atoms with E-state index in [9.17, 15) is 0 Å². The van der Waals surface area contributed by atoms with E-state index in [1.165, 1.54) is 19.3 Å². The lowest BCUT2D eigenvalue weighted by Gasteiger charge is -2.26. The number of rotatable bonds is 1. The Bertz CT molecular complexity index is 128. The molecule has 0 spiro atoms. The van der Waals surface area contributed by atoms with Crippen molar-refractivity contribution >= 4 is 22.6 Å². The monoisotopic (exact) mass is 268 g/mol. The molecule has 1 saturated carbocycles. The van der Waals surface area contributed by atoms with Crippen molar-refractivity contribution in [3.05, 3.63) is 0 Å². The van der Waals surface area contributed by atoms with Gasteiger partial charge < -0.3 is 4.74 Å². The Hall–Kier alpha value is 0.690. The van der Waals surface area contributed by atoms with Crippen LogP contribution in [0.4, 0.5) is 0 Å². The SMILES string of the molecule is CC(C)(C)OC1CCCC1I. The van der Waals surface area contributed by atoms with Crippen LogP contribution in [0.5, 0.6) is 0 Å². The van der Waals surface area contributed by atoms with Crippen LogP contribution < -0.4 is 0 Å². The van der Waals surface area contributed by atoms with Gasteiger partial charge in [-0.1, -0.05) is 22.6 Å². The van der Waals surface area contributed by atoms with Gasteiger partial charge in [-0.3, -0.25) is 0 Å². The van der Waals surface area contributed by atoms with Gasteiger partial charge in [-0.05, 0) is 40.0 Å². The van der Waals surface area contributed by atoms with Gasteiger partial charge in [0.05, 0.1) is 11.7 Å². The van der Waals surface area contributed by atoms with Crippen molar-refractivity contribution in [1.29, 1.82) is 0 Å². The van der Waals surface area contributed by atoms with Gasteiger partial charge in [0.1, 0.15) is 0 Å². The Morgan fingerprint density at radius 2 is 1.91 bits per heavy atom. The van der Waals surface area contributed by atoms with Crippen molar-refractivity contribution < 1.29 is 4.74 Å². The highest BCUT2D eigenvalue weighted by Crippen LogP contribution is 2.31. The number of hydrogen-bond acceptors (Lipinski definition) is 1. The summed E-state index contributed by atoms with van der Waals surface area (Å²) in [5, 5.41) is 0. The predicted molar refractivity (Wildman–Crippen MR) is 56.3 cm³/mol. The van der Waals surface area contributed by atoms with E-state index in [0.717, 1.165) is 3.92 Å². The lowest BCUT2D eigenvalue weighted by molar-refractivity contribution is -0.0519. The summed E-state index contributed by atoms with van der Waals surface area (Å²) in [7, 11) is 0. The first-order chi connectivity index (χ1) is 4.99. The Balaban J connectivity index is 2.37. The molecular weight excluding hydrogens is 251 g/mol. The minimum atomic E-state index is 0.0401. The Morgan fingerprint density at radius 3 is 2.27 bits per heavy atom. The van der Waals surface area contributed by atoms with Crippen LogP contribution in [0, 0.1) is 0 Å². The summed E-state index contributed by atoms with van der Waals surface area (Å²) in [4.78, 5) is 0. The summed E-state index contributed by atoms with van der Waals surface area (Å²) < 4.78 is 6.65. The summed E-state index contributed by atoms with van der Waals surface area (Å²) in [6.07, 6.45) is 4.44. The van der Waals surface area contributed by atoms with Crippen molar-refractivity contribution in [2.45, 2.75) is 55.7 Å².